The van der Waals surface area contributed by atoms with Crippen molar-refractivity contribution in [3.05, 3.63) is 35.9 Å². The first-order chi connectivity index (χ1) is 7.77. The summed E-state index contributed by atoms with van der Waals surface area (Å²) >= 11 is 0. The summed E-state index contributed by atoms with van der Waals surface area (Å²) in [4.78, 5) is 11.7. The van der Waals surface area contributed by atoms with E-state index in [1.165, 1.54) is 0 Å². The average molecular weight is 219 g/mol. The SMILES string of the molecule is CC(OC(=O)C1CCCN1)c1ccccc1. The number of hydrogen-bond acceptors (Lipinski definition) is 3. The second-order valence-corrected chi connectivity index (χ2v) is 4.14. The number of hydrogen-bond donors (Lipinski definition) is 1. The van der Waals surface area contributed by atoms with Gasteiger partial charge in [0.25, 0.3) is 0 Å². The minimum absolute atomic E-state index is 0.105. The molecule has 3 heteroatoms. The van der Waals surface area contributed by atoms with E-state index in [2.05, 4.69) is 5.32 Å². The van der Waals surface area contributed by atoms with Crippen molar-refractivity contribution in [3.63, 3.8) is 0 Å². The molecule has 1 saturated heterocycles. The normalized spacial score (nSPS) is 21.7. The van der Waals surface area contributed by atoms with E-state index in [0.29, 0.717) is 0 Å². The quantitative estimate of drug-likeness (QED) is 0.791. The molecular formula is C13H17NO2. The van der Waals surface area contributed by atoms with E-state index in [9.17, 15) is 4.79 Å². The zero-order valence-corrected chi connectivity index (χ0v) is 9.48. The second-order valence-electron chi connectivity index (χ2n) is 4.14. The Morgan fingerprint density at radius 1 is 1.44 bits per heavy atom. The topological polar surface area (TPSA) is 38.3 Å². The molecule has 1 aromatic rings. The Hall–Kier alpha value is -1.35. The van der Waals surface area contributed by atoms with Crippen LogP contribution in [0.25, 0.3) is 0 Å². The highest BCUT2D eigenvalue weighted by Crippen LogP contribution is 2.18. The average Bonchev–Trinajstić information content (AvgIpc) is 2.83. The first-order valence-corrected chi connectivity index (χ1v) is 5.76. The molecule has 3 nitrogen and oxygen atoms in total. The molecule has 2 unspecified atom stereocenters. The van der Waals surface area contributed by atoms with Crippen LogP contribution in [0.1, 0.15) is 31.4 Å². The van der Waals surface area contributed by atoms with Crippen LogP contribution in [0.4, 0.5) is 0 Å². The molecule has 0 spiro atoms. The third-order valence-corrected chi connectivity index (χ3v) is 2.91. The molecule has 0 aliphatic carbocycles. The van der Waals surface area contributed by atoms with E-state index in [1.807, 2.05) is 37.3 Å². The molecule has 16 heavy (non-hydrogen) atoms. The summed E-state index contributed by atoms with van der Waals surface area (Å²) in [6, 6.07) is 9.70. The van der Waals surface area contributed by atoms with Gasteiger partial charge >= 0.3 is 5.97 Å². The molecule has 1 fully saturated rings. The number of ether oxygens (including phenoxy) is 1. The highest BCUT2D eigenvalue weighted by Gasteiger charge is 2.25. The number of rotatable bonds is 3. The molecule has 1 aliphatic rings. The molecule has 0 radical (unpaired) electrons. The molecule has 1 aromatic carbocycles. The maximum atomic E-state index is 11.7. The number of esters is 1. The van der Waals surface area contributed by atoms with Crippen molar-refractivity contribution in [3.8, 4) is 0 Å². The third-order valence-electron chi connectivity index (χ3n) is 2.91. The summed E-state index contributed by atoms with van der Waals surface area (Å²) < 4.78 is 5.42. The van der Waals surface area contributed by atoms with Crippen LogP contribution in [-0.2, 0) is 9.53 Å². The molecule has 2 rings (SSSR count). The largest absolute Gasteiger partial charge is 0.457 e. The van der Waals surface area contributed by atoms with Crippen molar-refractivity contribution in [1.82, 2.24) is 5.32 Å². The number of benzene rings is 1. The lowest BCUT2D eigenvalue weighted by molar-refractivity contribution is -0.150. The minimum atomic E-state index is -0.170. The van der Waals surface area contributed by atoms with Crippen molar-refractivity contribution >= 4 is 5.97 Å². The van der Waals surface area contributed by atoms with Crippen LogP contribution in [0.2, 0.25) is 0 Å². The van der Waals surface area contributed by atoms with Gasteiger partial charge in [-0.1, -0.05) is 30.3 Å². The van der Waals surface area contributed by atoms with Gasteiger partial charge < -0.3 is 10.1 Å². The van der Waals surface area contributed by atoms with E-state index in [4.69, 9.17) is 4.74 Å². The maximum Gasteiger partial charge on any atom is 0.323 e. The van der Waals surface area contributed by atoms with E-state index in [-0.39, 0.29) is 18.1 Å². The molecule has 0 aromatic heterocycles. The van der Waals surface area contributed by atoms with Gasteiger partial charge in [-0.05, 0) is 31.9 Å². The Morgan fingerprint density at radius 3 is 2.81 bits per heavy atom. The Morgan fingerprint density at radius 2 is 2.19 bits per heavy atom. The molecule has 0 saturated carbocycles. The molecule has 1 N–H and O–H groups in total. The van der Waals surface area contributed by atoms with Crippen LogP contribution in [0.3, 0.4) is 0 Å². The van der Waals surface area contributed by atoms with Crippen molar-refractivity contribution in [2.75, 3.05) is 6.54 Å². The van der Waals surface area contributed by atoms with Crippen molar-refractivity contribution in [2.45, 2.75) is 31.9 Å². The van der Waals surface area contributed by atoms with Gasteiger partial charge in [0.1, 0.15) is 12.1 Å². The van der Waals surface area contributed by atoms with Gasteiger partial charge in [0.15, 0.2) is 0 Å². The molecule has 2 atom stereocenters. The Labute approximate surface area is 95.8 Å². The van der Waals surface area contributed by atoms with Crippen LogP contribution in [0, 0.1) is 0 Å². The predicted molar refractivity (Wildman–Crippen MR) is 62.0 cm³/mol. The van der Waals surface area contributed by atoms with Crippen LogP contribution >= 0.6 is 0 Å². The van der Waals surface area contributed by atoms with Crippen LogP contribution in [-0.4, -0.2) is 18.6 Å². The molecule has 0 bridgehead atoms. The lowest BCUT2D eigenvalue weighted by Gasteiger charge is -2.16. The van der Waals surface area contributed by atoms with Crippen molar-refractivity contribution < 1.29 is 9.53 Å². The maximum absolute atomic E-state index is 11.7. The Balaban J connectivity index is 1.92. The lowest BCUT2D eigenvalue weighted by atomic mass is 10.1. The van der Waals surface area contributed by atoms with Gasteiger partial charge in [-0.2, -0.15) is 0 Å². The van der Waals surface area contributed by atoms with Crippen molar-refractivity contribution in [1.29, 1.82) is 0 Å². The Kier molecular flexibility index (Phi) is 3.57. The fourth-order valence-corrected chi connectivity index (χ4v) is 1.93. The molecule has 1 aliphatic heterocycles. The molecule has 0 amide bonds. The summed E-state index contributed by atoms with van der Waals surface area (Å²) in [5, 5.41) is 3.14. The predicted octanol–water partition coefficient (Wildman–Crippen LogP) is 2.04. The fourth-order valence-electron chi connectivity index (χ4n) is 1.93. The van der Waals surface area contributed by atoms with E-state index in [1.54, 1.807) is 0 Å². The summed E-state index contributed by atoms with van der Waals surface area (Å²) in [7, 11) is 0. The lowest BCUT2D eigenvalue weighted by Crippen LogP contribution is -2.32. The second kappa shape index (κ2) is 5.12. The molecule has 86 valence electrons. The van der Waals surface area contributed by atoms with E-state index >= 15 is 0 Å². The van der Waals surface area contributed by atoms with Gasteiger partial charge in [-0.15, -0.1) is 0 Å². The summed E-state index contributed by atoms with van der Waals surface area (Å²) in [5.41, 5.74) is 1.04. The van der Waals surface area contributed by atoms with Crippen LogP contribution < -0.4 is 5.32 Å². The molecule has 1 heterocycles. The van der Waals surface area contributed by atoms with Crippen LogP contribution in [0.15, 0.2) is 30.3 Å². The zero-order chi connectivity index (χ0) is 11.4. The minimum Gasteiger partial charge on any atom is -0.457 e. The summed E-state index contributed by atoms with van der Waals surface area (Å²) in [6.45, 7) is 2.82. The highest BCUT2D eigenvalue weighted by molar-refractivity contribution is 5.76. The smallest absolute Gasteiger partial charge is 0.323 e. The fraction of sp³-hybridized carbons (Fsp3) is 0.462. The standard InChI is InChI=1S/C13H17NO2/c1-10(11-6-3-2-4-7-11)16-13(15)12-8-5-9-14-12/h2-4,6-7,10,12,14H,5,8-9H2,1H3. The monoisotopic (exact) mass is 219 g/mol. The summed E-state index contributed by atoms with van der Waals surface area (Å²) in [6.07, 6.45) is 1.77. The first kappa shape index (κ1) is 11.1. The van der Waals surface area contributed by atoms with Gasteiger partial charge in [0.2, 0.25) is 0 Å². The third kappa shape index (κ3) is 2.61. The van der Waals surface area contributed by atoms with E-state index in [0.717, 1.165) is 24.9 Å². The van der Waals surface area contributed by atoms with Gasteiger partial charge in [-0.25, -0.2) is 0 Å². The van der Waals surface area contributed by atoms with Gasteiger partial charge in [0, 0.05) is 0 Å². The van der Waals surface area contributed by atoms with E-state index < -0.39 is 0 Å². The zero-order valence-electron chi connectivity index (χ0n) is 9.48. The summed E-state index contributed by atoms with van der Waals surface area (Å²) in [5.74, 6) is -0.131. The van der Waals surface area contributed by atoms with Gasteiger partial charge in [0.05, 0.1) is 0 Å². The molecular weight excluding hydrogens is 202 g/mol. The number of carbonyl (C=O) groups excluding carboxylic acids is 1. The Bertz CT molecular complexity index is 344. The van der Waals surface area contributed by atoms with Crippen molar-refractivity contribution in [2.24, 2.45) is 0 Å². The first-order valence-electron chi connectivity index (χ1n) is 5.76. The number of nitrogens with one attached hydrogen (secondary N) is 1. The van der Waals surface area contributed by atoms with Crippen LogP contribution in [0.5, 0.6) is 0 Å². The highest BCUT2D eigenvalue weighted by atomic mass is 16.5. The van der Waals surface area contributed by atoms with Gasteiger partial charge in [-0.3, -0.25) is 4.79 Å². The number of carbonyl (C=O) groups is 1.